The van der Waals surface area contributed by atoms with Crippen molar-refractivity contribution in [1.82, 2.24) is 34.2 Å². The number of amides is 3. The Balaban J connectivity index is 1.39. The molecule has 0 fully saturated rings. The number of nitrogens with one attached hydrogen (secondary N) is 3. The SMILES string of the molecule is CCn1nc(C)cc1C(=O)Nc1nc2cc(C(=O)NCCN)ccc2n1CCCCn1c(NC)nc2cc(C(N)=O)ccc21. The Bertz CT molecular complexity index is 1850. The number of unbranched alkanes of at least 4 members (excludes halogenated alkanes) is 1. The summed E-state index contributed by atoms with van der Waals surface area (Å²) in [6.45, 7) is 6.25. The first kappa shape index (κ1) is 30.2. The molecule has 0 bridgehead atoms. The third kappa shape index (κ3) is 6.10. The molecule has 14 nitrogen and oxygen atoms in total. The lowest BCUT2D eigenvalue weighted by molar-refractivity contribution is 0.0952. The van der Waals surface area contributed by atoms with Crippen molar-refractivity contribution in [3.63, 3.8) is 0 Å². The van der Waals surface area contributed by atoms with Crippen LogP contribution in [0.1, 0.15) is 56.7 Å². The van der Waals surface area contributed by atoms with E-state index in [1.807, 2.05) is 30.5 Å². The highest BCUT2D eigenvalue weighted by molar-refractivity contribution is 6.03. The fraction of sp³-hybridized carbons (Fsp3) is 0.333. The van der Waals surface area contributed by atoms with Crippen molar-refractivity contribution in [3.8, 4) is 0 Å². The van der Waals surface area contributed by atoms with Gasteiger partial charge in [0, 0.05) is 50.9 Å². The second-order valence-electron chi connectivity index (χ2n) is 10.4. The van der Waals surface area contributed by atoms with Crippen molar-refractivity contribution in [2.45, 2.75) is 46.3 Å². The van der Waals surface area contributed by atoms with Crippen molar-refractivity contribution in [3.05, 3.63) is 65.0 Å². The summed E-state index contributed by atoms with van der Waals surface area (Å²) >= 11 is 0. The zero-order valence-corrected chi connectivity index (χ0v) is 25.1. The van der Waals surface area contributed by atoms with Crippen molar-refractivity contribution in [2.24, 2.45) is 11.5 Å². The minimum atomic E-state index is -0.500. The lowest BCUT2D eigenvalue weighted by atomic mass is 10.2. The summed E-state index contributed by atoms with van der Waals surface area (Å²) in [6.07, 6.45) is 1.54. The molecule has 0 radical (unpaired) electrons. The first-order valence-electron chi connectivity index (χ1n) is 14.6. The largest absolute Gasteiger partial charge is 0.366 e. The van der Waals surface area contributed by atoms with E-state index in [9.17, 15) is 14.4 Å². The van der Waals surface area contributed by atoms with E-state index < -0.39 is 5.91 Å². The summed E-state index contributed by atoms with van der Waals surface area (Å²) in [7, 11) is 1.80. The number of rotatable bonds is 13. The highest BCUT2D eigenvalue weighted by Gasteiger charge is 2.19. The average molecular weight is 600 g/mol. The van der Waals surface area contributed by atoms with E-state index in [2.05, 4.69) is 30.6 Å². The molecule has 2 aromatic carbocycles. The molecule has 7 N–H and O–H groups in total. The molecule has 0 aliphatic carbocycles. The van der Waals surface area contributed by atoms with E-state index in [0.29, 0.717) is 72.5 Å². The van der Waals surface area contributed by atoms with Gasteiger partial charge in [0.2, 0.25) is 17.8 Å². The summed E-state index contributed by atoms with van der Waals surface area (Å²) in [5.74, 6) is 0.0138. The first-order chi connectivity index (χ1) is 21.2. The third-order valence-corrected chi connectivity index (χ3v) is 7.37. The van der Waals surface area contributed by atoms with Gasteiger partial charge in [-0.3, -0.25) is 24.4 Å². The van der Waals surface area contributed by atoms with E-state index in [1.165, 1.54) is 0 Å². The minimum absolute atomic E-state index is 0.240. The molecule has 0 aliphatic rings. The monoisotopic (exact) mass is 599 g/mol. The van der Waals surface area contributed by atoms with Gasteiger partial charge in [0.05, 0.1) is 27.8 Å². The molecule has 0 saturated carbocycles. The molecular weight excluding hydrogens is 562 g/mol. The van der Waals surface area contributed by atoms with Crippen LogP contribution in [0.2, 0.25) is 0 Å². The number of imidazole rings is 2. The quantitative estimate of drug-likeness (QED) is 0.127. The van der Waals surface area contributed by atoms with Gasteiger partial charge in [-0.1, -0.05) is 0 Å². The van der Waals surface area contributed by atoms with Crippen LogP contribution in [0.15, 0.2) is 42.5 Å². The van der Waals surface area contributed by atoms with Crippen LogP contribution in [-0.4, -0.2) is 66.7 Å². The van der Waals surface area contributed by atoms with E-state index in [4.69, 9.17) is 16.5 Å². The fourth-order valence-electron chi connectivity index (χ4n) is 5.26. The number of hydrogen-bond acceptors (Lipinski definition) is 8. The van der Waals surface area contributed by atoms with E-state index in [1.54, 1.807) is 42.1 Å². The van der Waals surface area contributed by atoms with Crippen molar-refractivity contribution in [2.75, 3.05) is 30.8 Å². The molecule has 0 spiro atoms. The number of carbonyl (C=O) groups excluding carboxylic acids is 3. The predicted molar refractivity (Wildman–Crippen MR) is 169 cm³/mol. The highest BCUT2D eigenvalue weighted by atomic mass is 16.2. The number of hydrogen-bond donors (Lipinski definition) is 5. The van der Waals surface area contributed by atoms with E-state index in [0.717, 1.165) is 29.6 Å². The number of benzene rings is 2. The van der Waals surface area contributed by atoms with Crippen LogP contribution in [-0.2, 0) is 19.6 Å². The zero-order chi connectivity index (χ0) is 31.4. The van der Waals surface area contributed by atoms with Crippen LogP contribution in [0.3, 0.4) is 0 Å². The maximum atomic E-state index is 13.3. The number of aryl methyl sites for hydroxylation is 4. The van der Waals surface area contributed by atoms with Gasteiger partial charge < -0.3 is 31.2 Å². The van der Waals surface area contributed by atoms with Crippen molar-refractivity contribution >= 4 is 51.7 Å². The number of nitrogens with zero attached hydrogens (tertiary/aromatic N) is 6. The molecule has 230 valence electrons. The molecule has 3 amide bonds. The van der Waals surface area contributed by atoms with E-state index in [-0.39, 0.29) is 11.8 Å². The molecule has 0 atom stereocenters. The van der Waals surface area contributed by atoms with Crippen LogP contribution >= 0.6 is 0 Å². The second kappa shape index (κ2) is 13.0. The van der Waals surface area contributed by atoms with Crippen LogP contribution in [0.25, 0.3) is 22.1 Å². The Morgan fingerprint density at radius 1 is 0.864 bits per heavy atom. The van der Waals surface area contributed by atoms with Gasteiger partial charge in [-0.05, 0) is 69.2 Å². The Morgan fingerprint density at radius 2 is 1.48 bits per heavy atom. The predicted octanol–water partition coefficient (Wildman–Crippen LogP) is 2.47. The van der Waals surface area contributed by atoms with Crippen LogP contribution in [0, 0.1) is 6.92 Å². The molecule has 0 saturated heterocycles. The molecule has 3 aromatic heterocycles. The highest BCUT2D eigenvalue weighted by Crippen LogP contribution is 2.25. The Morgan fingerprint density at radius 3 is 2.09 bits per heavy atom. The first-order valence-corrected chi connectivity index (χ1v) is 14.6. The molecular formula is C30H37N11O3. The number of anilines is 2. The van der Waals surface area contributed by atoms with Gasteiger partial charge in [0.1, 0.15) is 5.69 Å². The molecule has 3 heterocycles. The summed E-state index contributed by atoms with van der Waals surface area (Å²) in [6, 6.07) is 12.3. The summed E-state index contributed by atoms with van der Waals surface area (Å²) in [5.41, 5.74) is 16.0. The number of nitrogens with two attached hydrogens (primary N) is 2. The number of primary amides is 1. The smallest absolute Gasteiger partial charge is 0.276 e. The van der Waals surface area contributed by atoms with Gasteiger partial charge >= 0.3 is 0 Å². The number of fused-ring (bicyclic) bond motifs is 2. The van der Waals surface area contributed by atoms with Gasteiger partial charge in [0.25, 0.3) is 11.8 Å². The van der Waals surface area contributed by atoms with Crippen LogP contribution in [0.4, 0.5) is 11.9 Å². The maximum absolute atomic E-state index is 13.3. The lowest BCUT2D eigenvalue weighted by Gasteiger charge is -2.12. The average Bonchev–Trinajstić information content (AvgIpc) is 3.69. The molecule has 5 rings (SSSR count). The standard InChI is InChI=1S/C30H37N11O3/c1-4-41-25(15-18(2)38-41)28(44)37-30-36-22-17-20(27(43)34-12-11-31)8-10-24(22)40(30)14-6-5-13-39-23-9-7-19(26(32)42)16-21(23)35-29(39)33-3/h7-10,15-17H,4-6,11-14,31H2,1-3H3,(H2,32,42)(H,33,35)(H,34,43)(H,36,37,44). The Labute approximate surface area is 253 Å². The van der Waals surface area contributed by atoms with Gasteiger partial charge in [-0.2, -0.15) is 5.10 Å². The van der Waals surface area contributed by atoms with Gasteiger partial charge in [-0.15, -0.1) is 0 Å². The molecule has 0 aliphatic heterocycles. The normalized spacial score (nSPS) is 11.3. The molecule has 5 aromatic rings. The van der Waals surface area contributed by atoms with Gasteiger partial charge in [0.15, 0.2) is 0 Å². The third-order valence-electron chi connectivity index (χ3n) is 7.37. The lowest BCUT2D eigenvalue weighted by Crippen LogP contribution is -2.28. The Hall–Kier alpha value is -5.24. The summed E-state index contributed by atoms with van der Waals surface area (Å²) < 4.78 is 5.67. The summed E-state index contributed by atoms with van der Waals surface area (Å²) in [5, 5.41) is 13.3. The molecule has 44 heavy (non-hydrogen) atoms. The number of carbonyl (C=O) groups is 3. The second-order valence-corrected chi connectivity index (χ2v) is 10.4. The van der Waals surface area contributed by atoms with E-state index >= 15 is 0 Å². The van der Waals surface area contributed by atoms with Gasteiger partial charge in [-0.25, -0.2) is 9.97 Å². The Kier molecular flexibility index (Phi) is 8.90. The van der Waals surface area contributed by atoms with Crippen molar-refractivity contribution < 1.29 is 14.4 Å². The van der Waals surface area contributed by atoms with Crippen LogP contribution in [0.5, 0.6) is 0 Å². The minimum Gasteiger partial charge on any atom is -0.366 e. The van der Waals surface area contributed by atoms with Crippen molar-refractivity contribution in [1.29, 1.82) is 0 Å². The molecule has 14 heteroatoms. The summed E-state index contributed by atoms with van der Waals surface area (Å²) in [4.78, 5) is 46.9. The topological polar surface area (TPSA) is 193 Å². The number of aromatic nitrogens is 6. The molecule has 0 unspecified atom stereocenters. The fourth-order valence-corrected chi connectivity index (χ4v) is 5.26. The van der Waals surface area contributed by atoms with Crippen LogP contribution < -0.4 is 27.4 Å². The zero-order valence-electron chi connectivity index (χ0n) is 25.1. The maximum Gasteiger partial charge on any atom is 0.276 e.